The van der Waals surface area contributed by atoms with E-state index in [1.54, 1.807) is 11.8 Å². The normalized spacial score (nSPS) is 26.7. The average Bonchev–Trinajstić information content (AvgIpc) is 2.66. The van der Waals surface area contributed by atoms with Crippen molar-refractivity contribution < 1.29 is 9.94 Å². The van der Waals surface area contributed by atoms with Crippen LogP contribution in [0, 0.1) is 5.92 Å². The molecule has 2 aromatic carbocycles. The highest BCUT2D eigenvalue weighted by Gasteiger charge is 2.44. The predicted molar refractivity (Wildman–Crippen MR) is 113 cm³/mol. The first kappa shape index (κ1) is 19.7. The second-order valence-corrected chi connectivity index (χ2v) is 8.62. The number of rotatable bonds is 6. The Labute approximate surface area is 166 Å². The number of oxime groups is 1. The van der Waals surface area contributed by atoms with Gasteiger partial charge in [-0.3, -0.25) is 0 Å². The fourth-order valence-electron chi connectivity index (χ4n) is 3.29. The first-order valence-electron chi connectivity index (χ1n) is 9.29. The largest absolute Gasteiger partial charge is 0.391 e. The Morgan fingerprint density at radius 2 is 1.81 bits per heavy atom. The molecule has 2 aromatic rings. The van der Waals surface area contributed by atoms with Gasteiger partial charge >= 0.3 is 0 Å². The molecule has 1 N–H and O–H groups in total. The van der Waals surface area contributed by atoms with Gasteiger partial charge in [0.1, 0.15) is 12.2 Å². The van der Waals surface area contributed by atoms with Crippen molar-refractivity contribution >= 4 is 17.5 Å². The molecule has 0 spiro atoms. The van der Waals surface area contributed by atoms with Gasteiger partial charge in [-0.15, -0.1) is 11.8 Å². The standard InChI is InChI=1S/C23H27NO2S/c1-17(2)19-14-21(24-26-16-18-10-6-4-7-11-18)23(3,25)22(15-19)27-20-12-8-5-9-13-20/h4-13,19,22,25H,1,14-16H2,2-3H3/b24-21-/t19-,22+,23+/m0/s1. The molecule has 0 saturated heterocycles. The van der Waals surface area contributed by atoms with E-state index in [1.807, 2.05) is 55.5 Å². The molecule has 0 aliphatic heterocycles. The lowest BCUT2D eigenvalue weighted by Crippen LogP contribution is -2.50. The Bertz CT molecular complexity index is 787. The minimum absolute atomic E-state index is 0.00516. The van der Waals surface area contributed by atoms with E-state index in [1.165, 1.54) is 0 Å². The second-order valence-electron chi connectivity index (χ2n) is 7.35. The van der Waals surface area contributed by atoms with E-state index in [9.17, 15) is 5.11 Å². The summed E-state index contributed by atoms with van der Waals surface area (Å²) in [5.74, 6) is 0.297. The van der Waals surface area contributed by atoms with Crippen molar-refractivity contribution in [2.24, 2.45) is 11.1 Å². The number of benzene rings is 2. The van der Waals surface area contributed by atoms with Gasteiger partial charge in [0, 0.05) is 10.1 Å². The van der Waals surface area contributed by atoms with Crippen LogP contribution in [0.5, 0.6) is 0 Å². The van der Waals surface area contributed by atoms with E-state index in [-0.39, 0.29) is 5.25 Å². The van der Waals surface area contributed by atoms with Crippen LogP contribution in [0.1, 0.15) is 32.3 Å². The Hall–Kier alpha value is -2.04. The van der Waals surface area contributed by atoms with Crippen LogP contribution in [0.3, 0.4) is 0 Å². The van der Waals surface area contributed by atoms with E-state index in [4.69, 9.17) is 4.84 Å². The van der Waals surface area contributed by atoms with Gasteiger partial charge in [0.15, 0.2) is 0 Å². The van der Waals surface area contributed by atoms with Crippen molar-refractivity contribution in [2.45, 2.75) is 49.0 Å². The SMILES string of the molecule is C=C(C)[C@H]1C/C(=N/OCc2ccccc2)[C@@](C)(O)[C@H](Sc2ccccc2)C1. The molecule has 0 bridgehead atoms. The van der Waals surface area contributed by atoms with Crippen molar-refractivity contribution in [2.75, 3.05) is 0 Å². The van der Waals surface area contributed by atoms with Crippen molar-refractivity contribution in [1.29, 1.82) is 0 Å². The highest BCUT2D eigenvalue weighted by Crippen LogP contribution is 2.42. The highest BCUT2D eigenvalue weighted by atomic mass is 32.2. The zero-order valence-corrected chi connectivity index (χ0v) is 16.8. The maximum Gasteiger partial charge on any atom is 0.142 e. The molecule has 142 valence electrons. The van der Waals surface area contributed by atoms with Crippen LogP contribution in [-0.4, -0.2) is 21.7 Å². The number of hydrogen-bond donors (Lipinski definition) is 1. The van der Waals surface area contributed by atoms with E-state index >= 15 is 0 Å². The van der Waals surface area contributed by atoms with Gasteiger partial charge < -0.3 is 9.94 Å². The molecule has 0 radical (unpaired) electrons. The van der Waals surface area contributed by atoms with Gasteiger partial charge in [-0.2, -0.15) is 0 Å². The molecule has 0 aromatic heterocycles. The van der Waals surface area contributed by atoms with Crippen LogP contribution in [0.4, 0.5) is 0 Å². The van der Waals surface area contributed by atoms with Gasteiger partial charge in [-0.05, 0) is 50.3 Å². The van der Waals surface area contributed by atoms with Crippen LogP contribution in [0.2, 0.25) is 0 Å². The molecule has 0 unspecified atom stereocenters. The average molecular weight is 382 g/mol. The zero-order chi connectivity index (χ0) is 19.3. The molecule has 0 heterocycles. The molecule has 3 rings (SSSR count). The fraction of sp³-hybridized carbons (Fsp3) is 0.348. The van der Waals surface area contributed by atoms with Gasteiger partial charge in [-0.25, -0.2) is 0 Å². The van der Waals surface area contributed by atoms with Crippen LogP contribution in [0.15, 0.2) is 82.9 Å². The third-order valence-corrected chi connectivity index (χ3v) is 6.60. The minimum atomic E-state index is -1.02. The third kappa shape index (κ3) is 5.02. The van der Waals surface area contributed by atoms with E-state index in [2.05, 4.69) is 30.8 Å². The predicted octanol–water partition coefficient (Wildman–Crippen LogP) is 5.46. The van der Waals surface area contributed by atoms with Crippen LogP contribution in [0.25, 0.3) is 0 Å². The number of aliphatic hydroxyl groups is 1. The molecule has 27 heavy (non-hydrogen) atoms. The van der Waals surface area contributed by atoms with Crippen molar-refractivity contribution in [3.63, 3.8) is 0 Å². The monoisotopic (exact) mass is 381 g/mol. The summed E-state index contributed by atoms with van der Waals surface area (Å²) in [4.78, 5) is 6.76. The Balaban J connectivity index is 1.78. The maximum atomic E-state index is 11.3. The summed E-state index contributed by atoms with van der Waals surface area (Å²) >= 11 is 1.70. The van der Waals surface area contributed by atoms with Crippen LogP contribution in [-0.2, 0) is 11.4 Å². The minimum Gasteiger partial charge on any atom is -0.391 e. The van der Waals surface area contributed by atoms with Gasteiger partial charge in [0.25, 0.3) is 0 Å². The summed E-state index contributed by atoms with van der Waals surface area (Å²) in [7, 11) is 0. The summed E-state index contributed by atoms with van der Waals surface area (Å²) < 4.78 is 0. The zero-order valence-electron chi connectivity index (χ0n) is 16.0. The third-order valence-electron chi connectivity index (χ3n) is 5.12. The van der Waals surface area contributed by atoms with Gasteiger partial charge in [-0.1, -0.05) is 65.8 Å². The number of allylic oxidation sites excluding steroid dienone is 1. The Morgan fingerprint density at radius 3 is 2.44 bits per heavy atom. The molecule has 4 heteroatoms. The number of thioether (sulfide) groups is 1. The highest BCUT2D eigenvalue weighted by molar-refractivity contribution is 8.00. The van der Waals surface area contributed by atoms with Crippen LogP contribution >= 0.6 is 11.8 Å². The lowest BCUT2D eigenvalue weighted by Gasteiger charge is -2.41. The quantitative estimate of drug-likeness (QED) is 0.534. The lowest BCUT2D eigenvalue weighted by molar-refractivity contribution is 0.0850. The topological polar surface area (TPSA) is 41.8 Å². The van der Waals surface area contributed by atoms with Gasteiger partial charge in [0.2, 0.25) is 0 Å². The van der Waals surface area contributed by atoms with E-state index < -0.39 is 5.60 Å². The first-order chi connectivity index (χ1) is 13.0. The summed E-state index contributed by atoms with van der Waals surface area (Å²) in [6, 6.07) is 20.1. The second kappa shape index (κ2) is 8.77. The smallest absolute Gasteiger partial charge is 0.142 e. The molecule has 3 nitrogen and oxygen atoms in total. The number of nitrogens with zero attached hydrogens (tertiary/aromatic N) is 1. The van der Waals surface area contributed by atoms with Crippen molar-refractivity contribution in [3.8, 4) is 0 Å². The molecule has 0 amide bonds. The summed E-state index contributed by atoms with van der Waals surface area (Å²) in [6.45, 7) is 8.45. The summed E-state index contributed by atoms with van der Waals surface area (Å²) in [5.41, 5.74) is 1.86. The van der Waals surface area contributed by atoms with E-state index in [0.29, 0.717) is 24.7 Å². The van der Waals surface area contributed by atoms with Crippen molar-refractivity contribution in [3.05, 3.63) is 78.4 Å². The Morgan fingerprint density at radius 1 is 1.19 bits per heavy atom. The van der Waals surface area contributed by atoms with Gasteiger partial charge in [0.05, 0.1) is 5.71 Å². The molecule has 1 fully saturated rings. The Kier molecular flexibility index (Phi) is 6.40. The maximum absolute atomic E-state index is 11.3. The molecule has 1 aliphatic carbocycles. The van der Waals surface area contributed by atoms with E-state index in [0.717, 1.165) is 22.5 Å². The molecular formula is C23H27NO2S. The van der Waals surface area contributed by atoms with Crippen LogP contribution < -0.4 is 0 Å². The molecule has 1 aliphatic rings. The molecule has 1 saturated carbocycles. The lowest BCUT2D eigenvalue weighted by atomic mass is 9.75. The summed E-state index contributed by atoms with van der Waals surface area (Å²) in [6.07, 6.45) is 1.56. The van der Waals surface area contributed by atoms with Crippen molar-refractivity contribution in [1.82, 2.24) is 0 Å². The summed E-state index contributed by atoms with van der Waals surface area (Å²) in [5, 5.41) is 15.7. The fourth-order valence-corrected chi connectivity index (χ4v) is 4.62. The molecular weight excluding hydrogens is 354 g/mol. The first-order valence-corrected chi connectivity index (χ1v) is 10.2. The molecule has 3 atom stereocenters. The number of hydrogen-bond acceptors (Lipinski definition) is 4.